The van der Waals surface area contributed by atoms with Gasteiger partial charge in [0.2, 0.25) is 17.7 Å². The molecule has 0 aromatic heterocycles. The second kappa shape index (κ2) is 16.1. The van der Waals surface area contributed by atoms with Gasteiger partial charge in [0, 0.05) is 19.5 Å². The molecule has 0 saturated carbocycles. The maximum Gasteiger partial charge on any atom is 0.249 e. The highest BCUT2D eigenvalue weighted by Gasteiger charge is 2.38. The summed E-state index contributed by atoms with van der Waals surface area (Å²) in [4.78, 5) is 56.8. The van der Waals surface area contributed by atoms with E-state index in [4.69, 9.17) is 11.5 Å². The second-order valence-corrected chi connectivity index (χ2v) is 10.5. The fourth-order valence-corrected chi connectivity index (χ4v) is 4.92. The van der Waals surface area contributed by atoms with Gasteiger partial charge in [-0.2, -0.15) is 0 Å². The first-order valence-corrected chi connectivity index (χ1v) is 14.2. The number of amides is 3. The van der Waals surface area contributed by atoms with Gasteiger partial charge in [0.25, 0.3) is 0 Å². The number of nitrogens with one attached hydrogen (secondary N) is 2. The molecule has 232 valence electrons. The van der Waals surface area contributed by atoms with Crippen LogP contribution in [0, 0.1) is 0 Å². The topological polar surface area (TPSA) is 221 Å². The molecule has 0 bridgehead atoms. The molecule has 1 heterocycles. The molecule has 0 radical (unpaired) electrons. The maximum atomic E-state index is 13.8. The van der Waals surface area contributed by atoms with Gasteiger partial charge < -0.3 is 47.1 Å². The van der Waals surface area contributed by atoms with Crippen LogP contribution < -0.4 is 22.1 Å². The number of phenols is 2. The standard InChI is InChI=1S/C30H40N6O7/c31-30(32)33-15-1-3-21(18-37)34-27(41)25-4-2-16-36(25)29(43)24(14-9-19-5-10-22(38)11-6-19)35-28(42)26(40)17-20-7-12-23(39)13-8-20/h5-8,10-13,18,21,24-26,38-40H,1-4,9,14-17H2,(H,34,41)(H,35,42)(H4,31,32,33). The number of hydrogen-bond donors (Lipinski definition) is 7. The van der Waals surface area contributed by atoms with Gasteiger partial charge in [0.05, 0.1) is 6.04 Å². The van der Waals surface area contributed by atoms with Gasteiger partial charge in [0.15, 0.2) is 5.96 Å². The summed E-state index contributed by atoms with van der Waals surface area (Å²) in [7, 11) is 0. The molecular weight excluding hydrogens is 556 g/mol. The minimum atomic E-state index is -1.46. The highest BCUT2D eigenvalue weighted by molar-refractivity contribution is 5.94. The molecule has 2 aromatic carbocycles. The first kappa shape index (κ1) is 32.9. The fraction of sp³-hybridized carbons (Fsp3) is 0.433. The van der Waals surface area contributed by atoms with Crippen molar-refractivity contribution in [1.82, 2.24) is 15.5 Å². The van der Waals surface area contributed by atoms with E-state index in [1.54, 1.807) is 24.3 Å². The van der Waals surface area contributed by atoms with Crippen LogP contribution in [0.25, 0.3) is 0 Å². The van der Waals surface area contributed by atoms with Gasteiger partial charge in [-0.25, -0.2) is 0 Å². The summed E-state index contributed by atoms with van der Waals surface area (Å²) in [6.07, 6.45) is 1.41. The third-order valence-electron chi connectivity index (χ3n) is 7.24. The summed E-state index contributed by atoms with van der Waals surface area (Å²) < 4.78 is 0. The van der Waals surface area contributed by atoms with Crippen molar-refractivity contribution in [3.63, 3.8) is 0 Å². The molecule has 4 unspecified atom stereocenters. The second-order valence-electron chi connectivity index (χ2n) is 10.5. The SMILES string of the molecule is NC(N)=NCCCC(C=O)NC(=O)C1CCCN1C(=O)C(CCc1ccc(O)cc1)NC(=O)C(O)Cc1ccc(O)cc1. The first-order valence-electron chi connectivity index (χ1n) is 14.2. The number of aliphatic hydroxyl groups is 1. The normalized spacial score (nSPS) is 16.5. The van der Waals surface area contributed by atoms with Crippen LogP contribution in [0.15, 0.2) is 53.5 Å². The molecule has 0 aliphatic carbocycles. The highest BCUT2D eigenvalue weighted by Crippen LogP contribution is 2.21. The molecule has 43 heavy (non-hydrogen) atoms. The Morgan fingerprint density at radius 2 is 1.60 bits per heavy atom. The molecule has 13 heteroatoms. The highest BCUT2D eigenvalue weighted by atomic mass is 16.3. The van der Waals surface area contributed by atoms with Gasteiger partial charge in [-0.3, -0.25) is 19.4 Å². The van der Waals surface area contributed by atoms with Crippen LogP contribution >= 0.6 is 0 Å². The summed E-state index contributed by atoms with van der Waals surface area (Å²) in [5.74, 6) is -1.61. The minimum Gasteiger partial charge on any atom is -0.508 e. The lowest BCUT2D eigenvalue weighted by Crippen LogP contribution is -2.56. The first-order chi connectivity index (χ1) is 20.6. The van der Waals surface area contributed by atoms with E-state index in [0.717, 1.165) is 5.56 Å². The summed E-state index contributed by atoms with van der Waals surface area (Å²) in [6.45, 7) is 0.590. The molecular formula is C30H40N6O7. The quantitative estimate of drug-likeness (QED) is 0.0628. The minimum absolute atomic E-state index is 0.0317. The average molecular weight is 597 g/mol. The van der Waals surface area contributed by atoms with Crippen molar-refractivity contribution in [3.05, 3.63) is 59.7 Å². The van der Waals surface area contributed by atoms with Crippen molar-refractivity contribution in [1.29, 1.82) is 0 Å². The Bertz CT molecular complexity index is 1260. The Balaban J connectivity index is 1.70. The number of aliphatic hydroxyl groups excluding tert-OH is 1. The lowest BCUT2D eigenvalue weighted by molar-refractivity contribution is -0.143. The number of guanidine groups is 1. The van der Waals surface area contributed by atoms with E-state index in [1.165, 1.54) is 29.2 Å². The van der Waals surface area contributed by atoms with Crippen LogP contribution in [0.1, 0.15) is 43.2 Å². The zero-order valence-electron chi connectivity index (χ0n) is 23.9. The number of aromatic hydroxyl groups is 2. The number of aldehydes is 1. The molecule has 1 aliphatic rings. The number of likely N-dealkylation sites (tertiary alicyclic amines) is 1. The fourth-order valence-electron chi connectivity index (χ4n) is 4.92. The number of nitrogens with zero attached hydrogens (tertiary/aromatic N) is 2. The van der Waals surface area contributed by atoms with Gasteiger partial charge in [-0.15, -0.1) is 0 Å². The number of hydrogen-bond acceptors (Lipinski definition) is 8. The van der Waals surface area contributed by atoms with E-state index in [2.05, 4.69) is 15.6 Å². The van der Waals surface area contributed by atoms with Crippen molar-refractivity contribution in [2.45, 2.75) is 69.2 Å². The molecule has 4 atom stereocenters. The number of carbonyl (C=O) groups is 4. The Morgan fingerprint density at radius 3 is 2.21 bits per heavy atom. The average Bonchev–Trinajstić information content (AvgIpc) is 3.48. The Morgan fingerprint density at radius 1 is 0.977 bits per heavy atom. The Hall–Kier alpha value is -4.65. The van der Waals surface area contributed by atoms with Gasteiger partial charge in [-0.05, 0) is 73.9 Å². The van der Waals surface area contributed by atoms with Crippen molar-refractivity contribution < 1.29 is 34.5 Å². The van der Waals surface area contributed by atoms with Crippen molar-refractivity contribution >= 4 is 30.0 Å². The van der Waals surface area contributed by atoms with Gasteiger partial charge >= 0.3 is 0 Å². The lowest BCUT2D eigenvalue weighted by atomic mass is 10.0. The number of rotatable bonds is 15. The Kier molecular flexibility index (Phi) is 12.3. The molecule has 1 saturated heterocycles. The molecule has 0 spiro atoms. The monoisotopic (exact) mass is 596 g/mol. The number of benzene rings is 2. The lowest BCUT2D eigenvalue weighted by Gasteiger charge is -2.30. The summed E-state index contributed by atoms with van der Waals surface area (Å²) >= 11 is 0. The molecule has 3 rings (SSSR count). The molecule has 9 N–H and O–H groups in total. The third-order valence-corrected chi connectivity index (χ3v) is 7.24. The van der Waals surface area contributed by atoms with E-state index in [0.29, 0.717) is 50.5 Å². The van der Waals surface area contributed by atoms with Crippen molar-refractivity contribution in [2.24, 2.45) is 16.5 Å². The zero-order chi connectivity index (χ0) is 31.4. The van der Waals surface area contributed by atoms with Gasteiger partial charge in [0.1, 0.15) is 36.0 Å². The summed E-state index contributed by atoms with van der Waals surface area (Å²) in [6, 6.07) is 9.85. The van der Waals surface area contributed by atoms with E-state index < -0.39 is 42.0 Å². The van der Waals surface area contributed by atoms with Crippen LogP contribution in [0.2, 0.25) is 0 Å². The largest absolute Gasteiger partial charge is 0.508 e. The van der Waals surface area contributed by atoms with Gasteiger partial charge in [-0.1, -0.05) is 24.3 Å². The number of aliphatic imine (C=N–C) groups is 1. The number of phenolic OH excluding ortho intramolecular Hbond substituents is 2. The van der Waals surface area contributed by atoms with Crippen molar-refractivity contribution in [3.8, 4) is 11.5 Å². The van der Waals surface area contributed by atoms with E-state index >= 15 is 0 Å². The van der Waals surface area contributed by atoms with E-state index in [9.17, 15) is 34.5 Å². The molecule has 1 aliphatic heterocycles. The smallest absolute Gasteiger partial charge is 0.249 e. The number of carbonyl (C=O) groups excluding carboxylic acids is 4. The zero-order valence-corrected chi connectivity index (χ0v) is 23.9. The molecule has 13 nitrogen and oxygen atoms in total. The predicted octanol–water partition coefficient (Wildman–Crippen LogP) is -0.153. The molecule has 3 amide bonds. The Labute approximate surface area is 250 Å². The third kappa shape index (κ3) is 10.3. The van der Waals surface area contributed by atoms with Crippen LogP contribution in [0.4, 0.5) is 0 Å². The van der Waals surface area contributed by atoms with Crippen molar-refractivity contribution in [2.75, 3.05) is 13.1 Å². The number of nitrogens with two attached hydrogens (primary N) is 2. The summed E-state index contributed by atoms with van der Waals surface area (Å²) in [5, 5.41) is 35.0. The van der Waals surface area contributed by atoms with Crippen LogP contribution in [0.5, 0.6) is 11.5 Å². The molecule has 2 aromatic rings. The summed E-state index contributed by atoms with van der Waals surface area (Å²) in [5.41, 5.74) is 12.1. The van der Waals surface area contributed by atoms with E-state index in [1.807, 2.05) is 0 Å². The van der Waals surface area contributed by atoms with Crippen LogP contribution in [0.3, 0.4) is 0 Å². The van der Waals surface area contributed by atoms with E-state index in [-0.39, 0.29) is 36.8 Å². The number of aryl methyl sites for hydroxylation is 1. The van der Waals surface area contributed by atoms with Crippen LogP contribution in [-0.2, 0) is 32.0 Å². The molecule has 1 fully saturated rings. The predicted molar refractivity (Wildman–Crippen MR) is 159 cm³/mol. The maximum absolute atomic E-state index is 13.8. The van der Waals surface area contributed by atoms with Crippen LogP contribution in [-0.4, -0.2) is 87.5 Å².